The molecule has 0 saturated carbocycles. The van der Waals surface area contributed by atoms with E-state index < -0.39 is 0 Å². The molecule has 6 heteroatoms. The SMILES string of the molecule is CCO[C@@H]1O[C@H]2CN[C@H]3C[C@@H](OC)C=C[C@]32c2cc3c(cc21)OCO3. The zero-order valence-corrected chi connectivity index (χ0v) is 14.5. The summed E-state index contributed by atoms with van der Waals surface area (Å²) < 4.78 is 29.1. The summed E-state index contributed by atoms with van der Waals surface area (Å²) in [6.45, 7) is 3.64. The van der Waals surface area contributed by atoms with Crippen molar-refractivity contribution in [3.05, 3.63) is 35.4 Å². The molecular weight excluding hydrogens is 322 g/mol. The monoisotopic (exact) mass is 345 g/mol. The second-order valence-corrected chi connectivity index (χ2v) is 6.97. The first-order valence-corrected chi connectivity index (χ1v) is 8.93. The molecule has 0 radical (unpaired) electrons. The Morgan fingerprint density at radius 1 is 1.28 bits per heavy atom. The fourth-order valence-electron chi connectivity index (χ4n) is 4.71. The lowest BCUT2D eigenvalue weighted by atomic mass is 9.65. The van der Waals surface area contributed by atoms with Gasteiger partial charge in [0.25, 0.3) is 0 Å². The molecule has 0 unspecified atom stereocenters. The van der Waals surface area contributed by atoms with E-state index in [1.165, 1.54) is 5.56 Å². The van der Waals surface area contributed by atoms with Crippen molar-refractivity contribution in [3.63, 3.8) is 0 Å². The van der Waals surface area contributed by atoms with Crippen LogP contribution in [0, 0.1) is 0 Å². The van der Waals surface area contributed by atoms with Crippen molar-refractivity contribution in [2.45, 2.75) is 43.3 Å². The van der Waals surface area contributed by atoms with Gasteiger partial charge in [-0.05, 0) is 31.0 Å². The first-order valence-electron chi connectivity index (χ1n) is 8.93. The van der Waals surface area contributed by atoms with Gasteiger partial charge >= 0.3 is 0 Å². The number of fused-ring (bicyclic) bond motifs is 2. The van der Waals surface area contributed by atoms with E-state index in [9.17, 15) is 0 Å². The van der Waals surface area contributed by atoms with Crippen molar-refractivity contribution in [2.75, 3.05) is 27.1 Å². The molecule has 0 amide bonds. The third kappa shape index (κ3) is 2.11. The van der Waals surface area contributed by atoms with Crippen molar-refractivity contribution in [3.8, 4) is 11.5 Å². The Morgan fingerprint density at radius 3 is 2.92 bits per heavy atom. The van der Waals surface area contributed by atoms with Crippen LogP contribution < -0.4 is 14.8 Å². The van der Waals surface area contributed by atoms with E-state index in [1.54, 1.807) is 7.11 Å². The average molecular weight is 345 g/mol. The van der Waals surface area contributed by atoms with Gasteiger partial charge in [-0.15, -0.1) is 0 Å². The highest BCUT2D eigenvalue weighted by Crippen LogP contribution is 2.53. The first-order chi connectivity index (χ1) is 12.3. The number of methoxy groups -OCH3 is 1. The average Bonchev–Trinajstić information content (AvgIpc) is 3.24. The Bertz CT molecular complexity index is 720. The molecule has 5 atom stereocenters. The first kappa shape index (κ1) is 15.6. The summed E-state index contributed by atoms with van der Waals surface area (Å²) in [7, 11) is 1.76. The Balaban J connectivity index is 1.68. The molecule has 0 aromatic heterocycles. The standard InChI is InChI=1S/C19H23NO5/c1-3-22-18-12-7-14-15(24-10-23-14)8-13(12)19-5-4-11(21-2)6-16(19)20-9-17(19)25-18/h4-5,7-8,11,16-18,20H,3,6,9-10H2,1-2H3/t11-,16-,17-,18+,19-/m0/s1. The lowest BCUT2D eigenvalue weighted by molar-refractivity contribution is -0.189. The molecule has 4 aliphatic rings. The van der Waals surface area contributed by atoms with Gasteiger partial charge in [-0.3, -0.25) is 0 Å². The third-order valence-corrected chi connectivity index (χ3v) is 5.89. The summed E-state index contributed by atoms with van der Waals surface area (Å²) in [5.41, 5.74) is 2.03. The van der Waals surface area contributed by atoms with E-state index in [4.69, 9.17) is 23.7 Å². The zero-order valence-electron chi connectivity index (χ0n) is 14.5. The Kier molecular flexibility index (Phi) is 3.57. The number of hydrogen-bond donors (Lipinski definition) is 1. The number of rotatable bonds is 3. The molecular formula is C19H23NO5. The summed E-state index contributed by atoms with van der Waals surface area (Å²) in [6, 6.07) is 4.40. The van der Waals surface area contributed by atoms with Gasteiger partial charge in [-0.25, -0.2) is 0 Å². The predicted molar refractivity (Wildman–Crippen MR) is 89.8 cm³/mol. The molecule has 1 N–H and O–H groups in total. The van der Waals surface area contributed by atoms with Crippen LogP contribution in [-0.2, 0) is 19.6 Å². The maximum absolute atomic E-state index is 6.39. The second kappa shape index (κ2) is 5.71. The van der Waals surface area contributed by atoms with E-state index in [0.29, 0.717) is 6.61 Å². The summed E-state index contributed by atoms with van der Waals surface area (Å²) in [6.07, 6.45) is 5.12. The minimum absolute atomic E-state index is 0.0241. The smallest absolute Gasteiger partial charge is 0.231 e. The summed E-state index contributed by atoms with van der Waals surface area (Å²) in [5, 5.41) is 3.64. The molecule has 1 saturated heterocycles. The van der Waals surface area contributed by atoms with Gasteiger partial charge in [0.1, 0.15) is 0 Å². The number of nitrogens with one attached hydrogen (secondary N) is 1. The van der Waals surface area contributed by atoms with E-state index in [1.807, 2.05) is 13.0 Å². The summed E-state index contributed by atoms with van der Waals surface area (Å²) in [4.78, 5) is 0. The largest absolute Gasteiger partial charge is 0.454 e. The van der Waals surface area contributed by atoms with E-state index in [0.717, 1.165) is 30.0 Å². The van der Waals surface area contributed by atoms with Crippen LogP contribution in [0.4, 0.5) is 0 Å². The van der Waals surface area contributed by atoms with Gasteiger partial charge in [-0.2, -0.15) is 0 Å². The normalized spacial score (nSPS) is 37.5. The van der Waals surface area contributed by atoms with Crippen LogP contribution in [-0.4, -0.2) is 45.3 Å². The summed E-state index contributed by atoms with van der Waals surface area (Å²) in [5.74, 6) is 1.57. The molecule has 6 nitrogen and oxygen atoms in total. The van der Waals surface area contributed by atoms with Crippen LogP contribution in [0.15, 0.2) is 24.3 Å². The minimum atomic E-state index is -0.376. The second-order valence-electron chi connectivity index (χ2n) is 6.97. The van der Waals surface area contributed by atoms with Crippen molar-refractivity contribution < 1.29 is 23.7 Å². The molecule has 5 rings (SSSR count). The molecule has 3 heterocycles. The van der Waals surface area contributed by atoms with E-state index >= 15 is 0 Å². The fraction of sp³-hybridized carbons (Fsp3) is 0.579. The minimum Gasteiger partial charge on any atom is -0.454 e. The van der Waals surface area contributed by atoms with Crippen LogP contribution in [0.5, 0.6) is 11.5 Å². The molecule has 3 aliphatic heterocycles. The van der Waals surface area contributed by atoms with Crippen LogP contribution in [0.1, 0.15) is 30.8 Å². The quantitative estimate of drug-likeness (QED) is 0.846. The molecule has 1 aliphatic carbocycles. The Hall–Kier alpha value is -1.60. The van der Waals surface area contributed by atoms with Crippen LogP contribution >= 0.6 is 0 Å². The molecule has 0 bridgehead atoms. The van der Waals surface area contributed by atoms with Gasteiger partial charge in [0.15, 0.2) is 17.8 Å². The molecule has 1 spiro atoms. The highest BCUT2D eigenvalue weighted by atomic mass is 16.7. The van der Waals surface area contributed by atoms with E-state index in [-0.39, 0.29) is 36.7 Å². The number of benzene rings is 1. The van der Waals surface area contributed by atoms with Crippen LogP contribution in [0.2, 0.25) is 0 Å². The predicted octanol–water partition coefficient (Wildman–Crippen LogP) is 2.03. The molecule has 1 aromatic carbocycles. The van der Waals surface area contributed by atoms with Gasteiger partial charge < -0.3 is 29.0 Å². The van der Waals surface area contributed by atoms with Crippen LogP contribution in [0.3, 0.4) is 0 Å². The molecule has 1 aromatic rings. The van der Waals surface area contributed by atoms with Gasteiger partial charge in [0.05, 0.1) is 17.6 Å². The lowest BCUT2D eigenvalue weighted by Crippen LogP contribution is -2.52. The Morgan fingerprint density at radius 2 is 2.12 bits per heavy atom. The fourth-order valence-corrected chi connectivity index (χ4v) is 4.71. The van der Waals surface area contributed by atoms with Gasteiger partial charge in [0, 0.05) is 31.9 Å². The highest BCUT2D eigenvalue weighted by Gasteiger charge is 2.57. The van der Waals surface area contributed by atoms with Gasteiger partial charge in [0.2, 0.25) is 6.79 Å². The van der Waals surface area contributed by atoms with Crippen molar-refractivity contribution in [1.82, 2.24) is 5.32 Å². The summed E-state index contributed by atoms with van der Waals surface area (Å²) >= 11 is 0. The van der Waals surface area contributed by atoms with Crippen molar-refractivity contribution in [2.24, 2.45) is 0 Å². The van der Waals surface area contributed by atoms with Gasteiger partial charge in [-0.1, -0.05) is 12.2 Å². The van der Waals surface area contributed by atoms with Crippen molar-refractivity contribution >= 4 is 0 Å². The molecule has 134 valence electrons. The van der Waals surface area contributed by atoms with Crippen molar-refractivity contribution in [1.29, 1.82) is 0 Å². The zero-order chi connectivity index (χ0) is 17.0. The lowest BCUT2D eigenvalue weighted by Gasteiger charge is -2.46. The Labute approximate surface area is 147 Å². The molecule has 1 fully saturated rings. The van der Waals surface area contributed by atoms with E-state index in [2.05, 4.69) is 23.5 Å². The maximum Gasteiger partial charge on any atom is 0.231 e. The third-order valence-electron chi connectivity index (χ3n) is 5.89. The topological polar surface area (TPSA) is 58.2 Å². The number of ether oxygens (including phenoxy) is 5. The maximum atomic E-state index is 6.39. The molecule has 25 heavy (non-hydrogen) atoms. The highest BCUT2D eigenvalue weighted by molar-refractivity contribution is 5.56. The van der Waals surface area contributed by atoms with Crippen LogP contribution in [0.25, 0.3) is 0 Å². The number of hydrogen-bond acceptors (Lipinski definition) is 6.